The fourth-order valence-electron chi connectivity index (χ4n) is 4.26. The second-order valence-electron chi connectivity index (χ2n) is 8.01. The second kappa shape index (κ2) is 9.71. The number of carbonyl (C=O) groups excluding carboxylic acids is 2. The molecule has 0 unspecified atom stereocenters. The maximum atomic E-state index is 13.0. The molecule has 2 heterocycles. The van der Waals surface area contributed by atoms with Crippen LogP contribution in [0, 0.1) is 0 Å². The van der Waals surface area contributed by atoms with Gasteiger partial charge in [-0.3, -0.25) is 15.1 Å². The normalized spacial score (nSPS) is 12.3. The Morgan fingerprint density at radius 2 is 1.86 bits per heavy atom. The lowest BCUT2D eigenvalue weighted by Gasteiger charge is -2.12. The Bertz CT molecular complexity index is 1430. The number of para-hydroxylation sites is 1. The highest BCUT2D eigenvalue weighted by Crippen LogP contribution is 2.34. The summed E-state index contributed by atoms with van der Waals surface area (Å²) in [6.45, 7) is -0.407. The molecule has 0 bridgehead atoms. The van der Waals surface area contributed by atoms with Crippen molar-refractivity contribution in [1.82, 2.24) is 9.97 Å². The number of ether oxygens (including phenoxy) is 3. The van der Waals surface area contributed by atoms with Crippen LogP contribution in [0.25, 0.3) is 22.2 Å². The van der Waals surface area contributed by atoms with Crippen LogP contribution in [0.2, 0.25) is 0 Å². The molecule has 1 aliphatic rings. The minimum absolute atomic E-state index is 0.407. The first-order valence-corrected chi connectivity index (χ1v) is 12.0. The number of amides is 1. The Morgan fingerprint density at radius 3 is 2.69 bits per heavy atom. The summed E-state index contributed by atoms with van der Waals surface area (Å²) in [6, 6.07) is 13.0. The summed E-state index contributed by atoms with van der Waals surface area (Å²) in [5.74, 6) is 0.240. The van der Waals surface area contributed by atoms with Gasteiger partial charge in [0.1, 0.15) is 0 Å². The van der Waals surface area contributed by atoms with Gasteiger partial charge in [0.2, 0.25) is 0 Å². The highest BCUT2D eigenvalue weighted by atomic mass is 32.1. The van der Waals surface area contributed by atoms with Crippen LogP contribution in [0.1, 0.15) is 28.0 Å². The average Bonchev–Trinajstić information content (AvgIpc) is 3.54. The van der Waals surface area contributed by atoms with Crippen LogP contribution in [0.4, 0.5) is 5.13 Å². The topological polar surface area (TPSA) is 99.6 Å². The summed E-state index contributed by atoms with van der Waals surface area (Å²) < 4.78 is 16.0. The van der Waals surface area contributed by atoms with Crippen LogP contribution in [0.3, 0.4) is 0 Å². The molecule has 1 amide bonds. The van der Waals surface area contributed by atoms with E-state index < -0.39 is 18.5 Å². The molecule has 0 aliphatic heterocycles. The molecule has 1 N–H and O–H groups in total. The van der Waals surface area contributed by atoms with Gasteiger partial charge in [-0.25, -0.2) is 9.78 Å². The van der Waals surface area contributed by atoms with Gasteiger partial charge in [-0.1, -0.05) is 18.2 Å². The smallest absolute Gasteiger partial charge is 0.339 e. The maximum Gasteiger partial charge on any atom is 0.339 e. The summed E-state index contributed by atoms with van der Waals surface area (Å²) in [7, 11) is 3.14. The molecule has 0 atom stereocenters. The lowest BCUT2D eigenvalue weighted by molar-refractivity contribution is -0.119. The molecule has 9 heteroatoms. The molecule has 35 heavy (non-hydrogen) atoms. The summed E-state index contributed by atoms with van der Waals surface area (Å²) >= 11 is 1.28. The van der Waals surface area contributed by atoms with Crippen molar-refractivity contribution in [3.05, 3.63) is 64.7 Å². The number of esters is 1. The van der Waals surface area contributed by atoms with Crippen LogP contribution >= 0.6 is 11.3 Å². The van der Waals surface area contributed by atoms with Crippen LogP contribution in [0.5, 0.6) is 11.5 Å². The van der Waals surface area contributed by atoms with E-state index in [2.05, 4.69) is 15.3 Å². The molecule has 2 aromatic heterocycles. The Hall–Kier alpha value is -3.98. The Balaban J connectivity index is 1.27. The molecule has 8 nitrogen and oxygen atoms in total. The number of anilines is 1. The SMILES string of the molecule is COc1ccc(-c2csc(NC(=O)COC(=O)c3c4c(nc5ccccc35)CCC4)n2)cc1OC. The third-order valence-electron chi connectivity index (χ3n) is 5.89. The van der Waals surface area contributed by atoms with Gasteiger partial charge in [0, 0.05) is 22.0 Å². The molecule has 178 valence electrons. The van der Waals surface area contributed by atoms with E-state index in [1.807, 2.05) is 41.8 Å². The number of hydrogen-bond donors (Lipinski definition) is 1. The van der Waals surface area contributed by atoms with Crippen molar-refractivity contribution in [3.63, 3.8) is 0 Å². The monoisotopic (exact) mass is 489 g/mol. The molecule has 4 aromatic rings. The predicted octanol–water partition coefficient (Wildman–Crippen LogP) is 4.66. The van der Waals surface area contributed by atoms with Crippen LogP contribution in [-0.4, -0.2) is 42.7 Å². The van der Waals surface area contributed by atoms with Crippen molar-refractivity contribution in [3.8, 4) is 22.8 Å². The van der Waals surface area contributed by atoms with E-state index in [1.165, 1.54) is 11.3 Å². The summed E-state index contributed by atoms with van der Waals surface area (Å²) in [6.07, 6.45) is 2.57. The summed E-state index contributed by atoms with van der Waals surface area (Å²) in [4.78, 5) is 34.7. The van der Waals surface area contributed by atoms with Gasteiger partial charge in [0.05, 0.1) is 31.0 Å². The number of rotatable bonds is 7. The molecular formula is C26H23N3O5S. The van der Waals surface area contributed by atoms with Gasteiger partial charge >= 0.3 is 5.97 Å². The van der Waals surface area contributed by atoms with Crippen molar-refractivity contribution in [1.29, 1.82) is 0 Å². The number of nitrogens with zero attached hydrogens (tertiary/aromatic N) is 2. The quantitative estimate of drug-likeness (QED) is 0.377. The molecule has 0 fully saturated rings. The number of aromatic nitrogens is 2. The third kappa shape index (κ3) is 4.54. The first-order chi connectivity index (χ1) is 17.1. The highest BCUT2D eigenvalue weighted by molar-refractivity contribution is 7.14. The zero-order valence-corrected chi connectivity index (χ0v) is 20.1. The van der Waals surface area contributed by atoms with Crippen LogP contribution in [0.15, 0.2) is 47.8 Å². The molecular weight excluding hydrogens is 466 g/mol. The van der Waals surface area contributed by atoms with Crippen molar-refractivity contribution in [2.24, 2.45) is 0 Å². The van der Waals surface area contributed by atoms with E-state index in [1.54, 1.807) is 20.3 Å². The van der Waals surface area contributed by atoms with E-state index in [-0.39, 0.29) is 0 Å². The van der Waals surface area contributed by atoms with Gasteiger partial charge < -0.3 is 14.2 Å². The lowest BCUT2D eigenvalue weighted by atomic mass is 10.0. The van der Waals surface area contributed by atoms with Gasteiger partial charge in [-0.2, -0.15) is 0 Å². The minimum atomic E-state index is -0.512. The zero-order valence-electron chi connectivity index (χ0n) is 19.3. The van der Waals surface area contributed by atoms with Gasteiger partial charge in [-0.05, 0) is 49.1 Å². The number of carbonyl (C=O) groups is 2. The Morgan fingerprint density at radius 1 is 1.03 bits per heavy atom. The van der Waals surface area contributed by atoms with Gasteiger partial charge in [0.15, 0.2) is 23.2 Å². The van der Waals surface area contributed by atoms with Crippen molar-refractivity contribution < 1.29 is 23.8 Å². The highest BCUT2D eigenvalue weighted by Gasteiger charge is 2.25. The van der Waals surface area contributed by atoms with Crippen molar-refractivity contribution >= 4 is 39.2 Å². The maximum absolute atomic E-state index is 13.0. The first kappa shape index (κ1) is 22.8. The number of fused-ring (bicyclic) bond motifs is 2. The molecule has 0 saturated heterocycles. The number of thiazole rings is 1. The van der Waals surface area contributed by atoms with Gasteiger partial charge in [0.25, 0.3) is 5.91 Å². The summed E-state index contributed by atoms with van der Waals surface area (Å²) in [5, 5.41) is 5.69. The minimum Gasteiger partial charge on any atom is -0.493 e. The predicted molar refractivity (Wildman–Crippen MR) is 133 cm³/mol. The average molecular weight is 490 g/mol. The molecule has 1 aliphatic carbocycles. The van der Waals surface area contributed by atoms with E-state index in [0.717, 1.165) is 47.0 Å². The number of nitrogens with one attached hydrogen (secondary N) is 1. The van der Waals surface area contributed by atoms with Crippen LogP contribution in [-0.2, 0) is 22.4 Å². The second-order valence-corrected chi connectivity index (χ2v) is 8.87. The third-order valence-corrected chi connectivity index (χ3v) is 6.65. The number of hydrogen-bond acceptors (Lipinski definition) is 8. The van der Waals surface area contributed by atoms with E-state index in [4.69, 9.17) is 14.2 Å². The fraction of sp³-hybridized carbons (Fsp3) is 0.231. The lowest BCUT2D eigenvalue weighted by Crippen LogP contribution is -2.21. The fourth-order valence-corrected chi connectivity index (χ4v) is 5.00. The molecule has 2 aromatic carbocycles. The number of methoxy groups -OCH3 is 2. The number of aryl methyl sites for hydroxylation is 1. The standard InChI is InChI=1S/C26H23N3O5S/c1-32-21-11-10-15(12-22(21)33-2)20-14-35-26(28-20)29-23(30)13-34-25(31)24-16-6-3-4-8-18(16)27-19-9-5-7-17(19)24/h3-4,6,8,10-12,14H,5,7,9,13H2,1-2H3,(H,28,29,30). The molecule has 5 rings (SSSR count). The largest absolute Gasteiger partial charge is 0.493 e. The Labute approximate surface area is 205 Å². The van der Waals surface area contributed by atoms with E-state index >= 15 is 0 Å². The number of benzene rings is 2. The molecule has 0 saturated carbocycles. The van der Waals surface area contributed by atoms with Crippen molar-refractivity contribution in [2.75, 3.05) is 26.1 Å². The molecule has 0 radical (unpaired) electrons. The van der Waals surface area contributed by atoms with E-state index in [0.29, 0.717) is 27.9 Å². The Kier molecular flexibility index (Phi) is 6.33. The van der Waals surface area contributed by atoms with Crippen molar-refractivity contribution in [2.45, 2.75) is 19.3 Å². The number of pyridine rings is 1. The summed E-state index contributed by atoms with van der Waals surface area (Å²) in [5.41, 5.74) is 4.64. The molecule has 0 spiro atoms. The van der Waals surface area contributed by atoms with Crippen LogP contribution < -0.4 is 14.8 Å². The first-order valence-electron chi connectivity index (χ1n) is 11.1. The zero-order chi connectivity index (χ0) is 24.4. The van der Waals surface area contributed by atoms with Gasteiger partial charge in [-0.15, -0.1) is 11.3 Å². The van der Waals surface area contributed by atoms with E-state index in [9.17, 15) is 9.59 Å².